The zero-order valence-corrected chi connectivity index (χ0v) is 16.3. The summed E-state index contributed by atoms with van der Waals surface area (Å²) in [6, 6.07) is 2.07. The van der Waals surface area contributed by atoms with Gasteiger partial charge in [-0.15, -0.1) is 15.9 Å². The Hall–Kier alpha value is -0.880. The molecule has 1 N–H and O–H groups in total. The third-order valence-corrected chi connectivity index (χ3v) is 6.24. The zero-order valence-electron chi connectivity index (χ0n) is 14.7. The van der Waals surface area contributed by atoms with Gasteiger partial charge in [-0.3, -0.25) is 9.69 Å². The highest BCUT2D eigenvalue weighted by Gasteiger charge is 2.40. The third kappa shape index (κ3) is 3.27. The highest BCUT2D eigenvalue weighted by Crippen LogP contribution is 2.36. The summed E-state index contributed by atoms with van der Waals surface area (Å²) < 4.78 is 5.96. The summed E-state index contributed by atoms with van der Waals surface area (Å²) in [7, 11) is 8.21. The minimum Gasteiger partial charge on any atom is -0.504 e. The van der Waals surface area contributed by atoms with Crippen molar-refractivity contribution in [1.82, 2.24) is 4.98 Å². The van der Waals surface area contributed by atoms with Crippen LogP contribution in [0.1, 0.15) is 24.8 Å². The molecule has 0 saturated heterocycles. The molecule has 1 saturated carbocycles. The number of pyridine rings is 1. The van der Waals surface area contributed by atoms with Gasteiger partial charge in [-0.2, -0.15) is 0 Å². The number of hydrogen-bond donors (Lipinski definition) is 1. The van der Waals surface area contributed by atoms with Crippen molar-refractivity contribution in [3.63, 3.8) is 0 Å². The molecule has 1 aromatic rings. The van der Waals surface area contributed by atoms with Crippen LogP contribution in [0.3, 0.4) is 0 Å². The number of aliphatic hydroxyl groups excluding tert-OH is 1. The average molecular weight is 388 g/mol. The van der Waals surface area contributed by atoms with Crippen molar-refractivity contribution in [3.05, 3.63) is 17.8 Å². The van der Waals surface area contributed by atoms with Gasteiger partial charge in [0, 0.05) is 17.9 Å². The fraction of sp³-hybridized carbons (Fsp3) is 0.571. The molecule has 2 heterocycles. The van der Waals surface area contributed by atoms with Gasteiger partial charge in [-0.1, -0.05) is 0 Å². The number of ether oxygens (including phenoxy) is 1. The van der Waals surface area contributed by atoms with E-state index in [1.807, 2.05) is 21.8 Å². The van der Waals surface area contributed by atoms with E-state index in [0.29, 0.717) is 31.4 Å². The number of aryl methyl sites for hydroxylation is 1. The van der Waals surface area contributed by atoms with Crippen LogP contribution in [0.5, 0.6) is 5.75 Å². The topological polar surface area (TPSA) is 62.7 Å². The molecular formula is C14H21B4BrN2O3. The normalized spacial score (nSPS) is 24.2. The van der Waals surface area contributed by atoms with E-state index in [1.165, 1.54) is 0 Å². The molecular weight excluding hydrogens is 367 g/mol. The van der Waals surface area contributed by atoms with E-state index in [0.717, 1.165) is 11.4 Å². The summed E-state index contributed by atoms with van der Waals surface area (Å²) in [5, 5.41) is 9.14. The fourth-order valence-electron chi connectivity index (χ4n) is 2.98. The number of carbonyl (C=O) groups is 1. The standard InChI is InChI=1S/C14H21B4BrN2O3/c15-13(16,19)14(17,18)24-10-3-7-1-2-11(23)21(12(7)20-6-10)8-4-9(22)5-8/h3,6,8-9,22H,1-2,4-5,15-18H2/t8-,9+. The first-order valence-electron chi connectivity index (χ1n) is 8.45. The fourth-order valence-corrected chi connectivity index (χ4v) is 3.06. The van der Waals surface area contributed by atoms with E-state index in [-0.39, 0.29) is 22.2 Å². The lowest BCUT2D eigenvalue weighted by atomic mass is 9.45. The molecule has 10 heteroatoms. The maximum Gasteiger partial charge on any atom is 0.228 e. The summed E-state index contributed by atoms with van der Waals surface area (Å²) in [6.45, 7) is 0. The Morgan fingerprint density at radius 2 is 1.96 bits per heavy atom. The number of hydrogen-bond acceptors (Lipinski definition) is 4. The number of aromatic nitrogens is 1. The van der Waals surface area contributed by atoms with Gasteiger partial charge in [0.05, 0.1) is 12.3 Å². The summed E-state index contributed by atoms with van der Waals surface area (Å²) in [4.78, 5) is 18.6. The number of halogens is 1. The summed E-state index contributed by atoms with van der Waals surface area (Å²) in [6.07, 6.45) is 3.84. The van der Waals surface area contributed by atoms with Gasteiger partial charge in [0.25, 0.3) is 0 Å². The SMILES string of the molecule is BC(B)(Br)C(B)(B)Oc1cnc2c(c1)CCC(=O)N2[C@H]1C[C@@H](O)C1. The molecule has 5 nitrogen and oxygen atoms in total. The highest BCUT2D eigenvalue weighted by atomic mass is 79.9. The Bertz CT molecular complexity index is 662. The molecule has 124 valence electrons. The number of carbonyl (C=O) groups excluding carboxylic acids is 1. The van der Waals surface area contributed by atoms with Crippen LogP contribution >= 0.6 is 15.9 Å². The zero-order chi connectivity index (χ0) is 17.7. The number of amides is 1. The largest absolute Gasteiger partial charge is 0.504 e. The van der Waals surface area contributed by atoms with Gasteiger partial charge >= 0.3 is 0 Å². The molecule has 0 bridgehead atoms. The van der Waals surface area contributed by atoms with E-state index in [9.17, 15) is 9.90 Å². The predicted molar refractivity (Wildman–Crippen MR) is 108 cm³/mol. The Kier molecular flexibility index (Phi) is 4.58. The van der Waals surface area contributed by atoms with Crippen LogP contribution in [0, 0.1) is 0 Å². The maximum atomic E-state index is 12.3. The quantitative estimate of drug-likeness (QED) is 0.458. The number of alkyl halides is 1. The minimum absolute atomic E-state index is 0.0729. The molecule has 0 atom stereocenters. The molecule has 0 radical (unpaired) electrons. The van der Waals surface area contributed by atoms with Crippen molar-refractivity contribution < 1.29 is 14.6 Å². The number of nitrogens with zero attached hydrogens (tertiary/aromatic N) is 2. The maximum absolute atomic E-state index is 12.3. The molecule has 0 spiro atoms. The summed E-state index contributed by atoms with van der Waals surface area (Å²) in [5.74, 6) is 1.54. The Labute approximate surface area is 154 Å². The number of rotatable bonds is 4. The van der Waals surface area contributed by atoms with Gasteiger partial charge in [0.1, 0.15) is 43.0 Å². The van der Waals surface area contributed by atoms with E-state index in [1.54, 1.807) is 11.1 Å². The highest BCUT2D eigenvalue weighted by molar-refractivity contribution is 9.11. The second kappa shape index (κ2) is 6.13. The van der Waals surface area contributed by atoms with Crippen LogP contribution in [0.15, 0.2) is 12.3 Å². The molecule has 3 rings (SSSR count). The Morgan fingerprint density at radius 3 is 2.54 bits per heavy atom. The number of anilines is 1. The monoisotopic (exact) mass is 388 g/mol. The van der Waals surface area contributed by atoms with Crippen LogP contribution in [0.2, 0.25) is 0 Å². The molecule has 1 aromatic heterocycles. The first kappa shape index (κ1) is 17.9. The smallest absolute Gasteiger partial charge is 0.228 e. The van der Waals surface area contributed by atoms with Gasteiger partial charge in [0.2, 0.25) is 5.91 Å². The van der Waals surface area contributed by atoms with E-state index in [4.69, 9.17) is 4.74 Å². The first-order valence-corrected chi connectivity index (χ1v) is 9.25. The third-order valence-electron chi connectivity index (χ3n) is 5.28. The first-order chi connectivity index (χ1) is 11.1. The molecule has 1 aliphatic carbocycles. The predicted octanol–water partition coefficient (Wildman–Crippen LogP) is -2.50. The van der Waals surface area contributed by atoms with Crippen LogP contribution < -0.4 is 9.64 Å². The van der Waals surface area contributed by atoms with Crippen molar-refractivity contribution in [3.8, 4) is 5.75 Å². The second-order valence-corrected chi connectivity index (χ2v) is 9.76. The lowest BCUT2D eigenvalue weighted by molar-refractivity contribution is -0.120. The van der Waals surface area contributed by atoms with E-state index < -0.39 is 5.40 Å². The van der Waals surface area contributed by atoms with Gasteiger partial charge in [0.15, 0.2) is 0 Å². The average Bonchev–Trinajstić information content (AvgIpc) is 2.43. The molecule has 24 heavy (non-hydrogen) atoms. The van der Waals surface area contributed by atoms with Crippen LogP contribution in [0.25, 0.3) is 0 Å². The molecule has 0 unspecified atom stereocenters. The van der Waals surface area contributed by atoms with E-state index >= 15 is 0 Å². The van der Waals surface area contributed by atoms with Gasteiger partial charge < -0.3 is 9.84 Å². The van der Waals surface area contributed by atoms with Gasteiger partial charge in [-0.05, 0) is 35.0 Å². The van der Waals surface area contributed by atoms with Gasteiger partial charge in [-0.25, -0.2) is 4.98 Å². The van der Waals surface area contributed by atoms with Crippen LogP contribution in [-0.4, -0.2) is 69.1 Å². The lowest BCUT2D eigenvalue weighted by Crippen LogP contribution is -2.56. The van der Waals surface area contributed by atoms with Crippen molar-refractivity contribution in [2.75, 3.05) is 4.90 Å². The van der Waals surface area contributed by atoms with Crippen LogP contribution in [-0.2, 0) is 11.2 Å². The molecule has 1 aliphatic heterocycles. The van der Waals surface area contributed by atoms with Crippen molar-refractivity contribution in [2.24, 2.45) is 0 Å². The number of aliphatic hydroxyl groups is 1. The summed E-state index contributed by atoms with van der Waals surface area (Å²) in [5.41, 5.74) is 1.04. The Morgan fingerprint density at radius 1 is 1.29 bits per heavy atom. The molecule has 0 aromatic carbocycles. The number of fused-ring (bicyclic) bond motifs is 1. The molecule has 2 aliphatic rings. The second-order valence-electron chi connectivity index (χ2n) is 7.78. The van der Waals surface area contributed by atoms with E-state index in [2.05, 4.69) is 36.6 Å². The molecule has 1 amide bonds. The Balaban J connectivity index is 1.85. The lowest BCUT2D eigenvalue weighted by Gasteiger charge is -2.42. The van der Waals surface area contributed by atoms with Crippen molar-refractivity contribution in [1.29, 1.82) is 0 Å². The molecule has 1 fully saturated rings. The minimum atomic E-state index is -0.412. The summed E-state index contributed by atoms with van der Waals surface area (Å²) >= 11 is 3.67. The van der Waals surface area contributed by atoms with Crippen LogP contribution in [0.4, 0.5) is 5.82 Å². The van der Waals surface area contributed by atoms with Crippen molar-refractivity contribution in [2.45, 2.75) is 47.4 Å². The van der Waals surface area contributed by atoms with Crippen molar-refractivity contribution >= 4 is 59.0 Å².